The van der Waals surface area contributed by atoms with Crippen molar-refractivity contribution in [3.05, 3.63) is 59.7 Å². The molecule has 2 rings (SSSR count). The smallest absolute Gasteiger partial charge is 0.508 e. The summed E-state index contributed by atoms with van der Waals surface area (Å²) in [5.74, 6) is 0.669. The Morgan fingerprint density at radius 2 is 1.71 bits per heavy atom. The molecule has 4 nitrogen and oxygen atoms in total. The fourth-order valence-electron chi connectivity index (χ4n) is 1.92. The fourth-order valence-corrected chi connectivity index (χ4v) is 1.92. The normalized spacial score (nSPS) is 10.1. The topological polar surface area (TPSA) is 55.8 Å². The number of benzene rings is 2. The van der Waals surface area contributed by atoms with Crippen molar-refractivity contribution in [1.29, 1.82) is 0 Å². The van der Waals surface area contributed by atoms with Crippen LogP contribution in [-0.4, -0.2) is 17.9 Å². The summed E-state index contributed by atoms with van der Waals surface area (Å²) in [6.07, 6.45) is 0.514. The van der Waals surface area contributed by atoms with Gasteiger partial charge in [-0.05, 0) is 29.7 Å². The first-order valence-corrected chi connectivity index (χ1v) is 6.90. The third kappa shape index (κ3) is 4.24. The van der Waals surface area contributed by atoms with E-state index < -0.39 is 6.16 Å². The second kappa shape index (κ2) is 7.33. The van der Waals surface area contributed by atoms with Crippen molar-refractivity contribution < 1.29 is 19.4 Å². The summed E-state index contributed by atoms with van der Waals surface area (Å²) in [5, 5.41) is 9.83. The van der Waals surface area contributed by atoms with Crippen molar-refractivity contribution in [3.63, 3.8) is 0 Å². The van der Waals surface area contributed by atoms with E-state index in [4.69, 9.17) is 9.47 Å². The van der Waals surface area contributed by atoms with Crippen LogP contribution >= 0.6 is 0 Å². The highest BCUT2D eigenvalue weighted by molar-refractivity contribution is 5.64. The van der Waals surface area contributed by atoms with Crippen LogP contribution in [0, 0.1) is 0 Å². The Bertz CT molecular complexity index is 607. The molecule has 0 saturated heterocycles. The molecule has 0 aliphatic rings. The molecule has 0 heterocycles. The molecule has 1 N–H and O–H groups in total. The van der Waals surface area contributed by atoms with E-state index in [0.717, 1.165) is 17.5 Å². The molecule has 110 valence electrons. The van der Waals surface area contributed by atoms with Crippen molar-refractivity contribution in [2.75, 3.05) is 6.61 Å². The zero-order valence-electron chi connectivity index (χ0n) is 11.9. The molecule has 2 aromatic rings. The highest BCUT2D eigenvalue weighted by atomic mass is 16.7. The largest absolute Gasteiger partial charge is 0.513 e. The average Bonchev–Trinajstić information content (AvgIpc) is 2.49. The monoisotopic (exact) mass is 286 g/mol. The number of carbonyl (C=O) groups is 1. The number of phenols is 1. The Labute approximate surface area is 123 Å². The zero-order valence-corrected chi connectivity index (χ0v) is 11.9. The summed E-state index contributed by atoms with van der Waals surface area (Å²) in [5.41, 5.74) is 1.59. The molecule has 4 heteroatoms. The standard InChI is InChI=1S/C17H18O4/c1-2-11-20-17(19)21-16-10-6-4-8-14(16)12-13-7-3-5-9-15(13)18/h3-10,18H,2,11-12H2,1H3. The van der Waals surface area contributed by atoms with Gasteiger partial charge in [0.25, 0.3) is 0 Å². The van der Waals surface area contributed by atoms with Crippen molar-refractivity contribution in [3.8, 4) is 11.5 Å². The molecule has 0 spiro atoms. The second-order valence-corrected chi connectivity index (χ2v) is 4.61. The molecule has 21 heavy (non-hydrogen) atoms. The number of hydrogen-bond donors (Lipinski definition) is 1. The van der Waals surface area contributed by atoms with Crippen LogP contribution in [0.25, 0.3) is 0 Å². The molecule has 0 aromatic heterocycles. The maximum atomic E-state index is 11.5. The molecule has 0 unspecified atom stereocenters. The number of rotatable bonds is 5. The van der Waals surface area contributed by atoms with Gasteiger partial charge in [-0.1, -0.05) is 43.3 Å². The van der Waals surface area contributed by atoms with E-state index in [0.29, 0.717) is 18.8 Å². The highest BCUT2D eigenvalue weighted by Gasteiger charge is 2.11. The number of para-hydroxylation sites is 2. The molecule has 0 aliphatic carbocycles. The Morgan fingerprint density at radius 3 is 2.43 bits per heavy atom. The Kier molecular flexibility index (Phi) is 5.21. The number of hydrogen-bond acceptors (Lipinski definition) is 4. The van der Waals surface area contributed by atoms with Gasteiger partial charge in [-0.15, -0.1) is 0 Å². The summed E-state index contributed by atoms with van der Waals surface area (Å²) < 4.78 is 10.1. The Hall–Kier alpha value is -2.49. The van der Waals surface area contributed by atoms with E-state index in [-0.39, 0.29) is 5.75 Å². The number of phenolic OH excluding ortho intramolecular Hbond substituents is 1. The minimum absolute atomic E-state index is 0.223. The lowest BCUT2D eigenvalue weighted by Gasteiger charge is -2.10. The van der Waals surface area contributed by atoms with E-state index >= 15 is 0 Å². The lowest BCUT2D eigenvalue weighted by atomic mass is 10.0. The number of ether oxygens (including phenoxy) is 2. The van der Waals surface area contributed by atoms with Gasteiger partial charge in [0.15, 0.2) is 0 Å². The summed E-state index contributed by atoms with van der Waals surface area (Å²) in [4.78, 5) is 11.5. The predicted octanol–water partition coefficient (Wildman–Crippen LogP) is 3.91. The van der Waals surface area contributed by atoms with Crippen LogP contribution in [0.4, 0.5) is 4.79 Å². The van der Waals surface area contributed by atoms with Crippen LogP contribution in [0.5, 0.6) is 11.5 Å². The second-order valence-electron chi connectivity index (χ2n) is 4.61. The molecular formula is C17H18O4. The maximum absolute atomic E-state index is 11.5. The quantitative estimate of drug-likeness (QED) is 0.669. The van der Waals surface area contributed by atoms with E-state index in [1.807, 2.05) is 31.2 Å². The first kappa shape index (κ1) is 14.9. The van der Waals surface area contributed by atoms with Crippen LogP contribution in [0.3, 0.4) is 0 Å². The van der Waals surface area contributed by atoms with Gasteiger partial charge in [0.2, 0.25) is 0 Å². The van der Waals surface area contributed by atoms with Gasteiger partial charge in [-0.25, -0.2) is 4.79 Å². The van der Waals surface area contributed by atoms with Gasteiger partial charge >= 0.3 is 6.16 Å². The molecule has 0 radical (unpaired) electrons. The first-order chi connectivity index (χ1) is 10.2. The SMILES string of the molecule is CCCOC(=O)Oc1ccccc1Cc1ccccc1O. The predicted molar refractivity (Wildman–Crippen MR) is 79.6 cm³/mol. The van der Waals surface area contributed by atoms with Crippen LogP contribution in [0.15, 0.2) is 48.5 Å². The van der Waals surface area contributed by atoms with Crippen molar-refractivity contribution >= 4 is 6.16 Å². The molecule has 0 atom stereocenters. The van der Waals surface area contributed by atoms with Crippen molar-refractivity contribution in [2.45, 2.75) is 19.8 Å². The third-order valence-electron chi connectivity index (χ3n) is 2.96. The molecule has 0 fully saturated rings. The molecule has 2 aromatic carbocycles. The molecule has 0 amide bonds. The lowest BCUT2D eigenvalue weighted by molar-refractivity contribution is 0.0988. The molecule has 0 aliphatic heterocycles. The van der Waals surface area contributed by atoms with Crippen molar-refractivity contribution in [2.24, 2.45) is 0 Å². The summed E-state index contributed by atoms with van der Waals surface area (Å²) in [6, 6.07) is 14.3. The van der Waals surface area contributed by atoms with Gasteiger partial charge in [0, 0.05) is 6.42 Å². The van der Waals surface area contributed by atoms with Gasteiger partial charge in [-0.2, -0.15) is 0 Å². The van der Waals surface area contributed by atoms with Gasteiger partial charge < -0.3 is 14.6 Å². The van der Waals surface area contributed by atoms with E-state index in [1.165, 1.54) is 0 Å². The molecule has 0 saturated carbocycles. The molecule has 0 bridgehead atoms. The van der Waals surface area contributed by atoms with Crippen LogP contribution < -0.4 is 4.74 Å². The summed E-state index contributed by atoms with van der Waals surface area (Å²) >= 11 is 0. The minimum Gasteiger partial charge on any atom is -0.508 e. The lowest BCUT2D eigenvalue weighted by Crippen LogP contribution is -2.12. The zero-order chi connectivity index (χ0) is 15.1. The Morgan fingerprint density at radius 1 is 1.05 bits per heavy atom. The number of aromatic hydroxyl groups is 1. The summed E-state index contributed by atoms with van der Waals surface area (Å²) in [6.45, 7) is 2.25. The average molecular weight is 286 g/mol. The van der Waals surface area contributed by atoms with Gasteiger partial charge in [-0.3, -0.25) is 0 Å². The van der Waals surface area contributed by atoms with E-state index in [1.54, 1.807) is 24.3 Å². The van der Waals surface area contributed by atoms with Crippen LogP contribution in [0.2, 0.25) is 0 Å². The number of carbonyl (C=O) groups excluding carboxylic acids is 1. The fraction of sp³-hybridized carbons (Fsp3) is 0.235. The molecular weight excluding hydrogens is 268 g/mol. The minimum atomic E-state index is -0.707. The Balaban J connectivity index is 2.13. The van der Waals surface area contributed by atoms with Crippen LogP contribution in [0.1, 0.15) is 24.5 Å². The van der Waals surface area contributed by atoms with E-state index in [9.17, 15) is 9.90 Å². The van der Waals surface area contributed by atoms with Crippen LogP contribution in [-0.2, 0) is 11.2 Å². The highest BCUT2D eigenvalue weighted by Crippen LogP contribution is 2.25. The van der Waals surface area contributed by atoms with E-state index in [2.05, 4.69) is 0 Å². The van der Waals surface area contributed by atoms with Gasteiger partial charge in [0.05, 0.1) is 6.61 Å². The third-order valence-corrected chi connectivity index (χ3v) is 2.96. The summed E-state index contributed by atoms with van der Waals surface area (Å²) in [7, 11) is 0. The van der Waals surface area contributed by atoms with Crippen molar-refractivity contribution in [1.82, 2.24) is 0 Å². The first-order valence-electron chi connectivity index (χ1n) is 6.90. The van der Waals surface area contributed by atoms with Gasteiger partial charge in [0.1, 0.15) is 11.5 Å². The maximum Gasteiger partial charge on any atom is 0.513 e.